The minimum Gasteiger partial charge on any atom is -0.488 e. The van der Waals surface area contributed by atoms with Crippen LogP contribution in [0.15, 0.2) is 42.5 Å². The number of aliphatic hydroxyl groups excluding tert-OH is 6. The monoisotopic (exact) mass is 468 g/mol. The molecule has 3 rings (SSSR count). The molecule has 2 aromatic rings. The first kappa shape index (κ1) is 24.9. The number of ether oxygens (including phenoxy) is 2. The maximum Gasteiger partial charge on any atom is 0.124 e. The summed E-state index contributed by atoms with van der Waals surface area (Å²) in [5.41, 5.74) is 2.27. The molecule has 0 bridgehead atoms. The fraction of sp³-hybridized carbons (Fsp3) is 0.478. The lowest BCUT2D eigenvalue weighted by Crippen LogP contribution is -2.55. The molecule has 6 atom stereocenters. The van der Waals surface area contributed by atoms with Gasteiger partial charge in [-0.1, -0.05) is 35.9 Å². The quantitative estimate of drug-likeness (QED) is 0.314. The van der Waals surface area contributed by atoms with Crippen LogP contribution in [0.25, 0.3) is 0 Å². The van der Waals surface area contributed by atoms with E-state index in [-0.39, 0.29) is 13.2 Å². The number of rotatable bonds is 9. The maximum absolute atomic E-state index is 10.4. The van der Waals surface area contributed by atoms with Crippen LogP contribution < -0.4 is 4.74 Å². The number of hydrogen-bond acceptors (Lipinski definition) is 8. The highest BCUT2D eigenvalue weighted by Crippen LogP contribution is 2.34. The Morgan fingerprint density at radius 2 is 1.66 bits per heavy atom. The molecular formula is C23H29ClO8. The lowest BCUT2D eigenvalue weighted by Gasteiger charge is -2.40. The van der Waals surface area contributed by atoms with E-state index < -0.39 is 43.2 Å². The topological polar surface area (TPSA) is 140 Å². The van der Waals surface area contributed by atoms with E-state index >= 15 is 0 Å². The molecule has 0 amide bonds. The van der Waals surface area contributed by atoms with E-state index in [0.29, 0.717) is 29.2 Å². The van der Waals surface area contributed by atoms with Crippen molar-refractivity contribution >= 4 is 11.6 Å². The highest BCUT2D eigenvalue weighted by molar-refractivity contribution is 6.31. The summed E-state index contributed by atoms with van der Waals surface area (Å²) in [6.07, 6.45) is -5.82. The summed E-state index contributed by atoms with van der Waals surface area (Å²) in [4.78, 5) is 0. The second-order valence-corrected chi connectivity index (χ2v) is 8.26. The third-order valence-corrected chi connectivity index (χ3v) is 5.93. The molecule has 1 saturated heterocycles. The zero-order chi connectivity index (χ0) is 23.3. The van der Waals surface area contributed by atoms with Crippen molar-refractivity contribution in [3.8, 4) is 5.75 Å². The molecule has 0 unspecified atom stereocenters. The van der Waals surface area contributed by atoms with E-state index in [1.807, 2.05) is 12.1 Å². The fourth-order valence-electron chi connectivity index (χ4n) is 3.71. The first-order valence-electron chi connectivity index (χ1n) is 10.4. The molecule has 0 aromatic heterocycles. The molecule has 1 heterocycles. The van der Waals surface area contributed by atoms with E-state index in [9.17, 15) is 25.5 Å². The van der Waals surface area contributed by atoms with Crippen molar-refractivity contribution in [1.29, 1.82) is 0 Å². The average molecular weight is 469 g/mol. The van der Waals surface area contributed by atoms with Crippen molar-refractivity contribution in [1.82, 2.24) is 0 Å². The Labute approximate surface area is 191 Å². The van der Waals surface area contributed by atoms with Crippen molar-refractivity contribution in [2.24, 2.45) is 0 Å². The van der Waals surface area contributed by atoms with E-state index in [1.165, 1.54) is 0 Å². The van der Waals surface area contributed by atoms with Gasteiger partial charge in [0, 0.05) is 18.1 Å². The van der Waals surface area contributed by atoms with Crippen LogP contribution >= 0.6 is 11.6 Å². The van der Waals surface area contributed by atoms with E-state index in [2.05, 4.69) is 0 Å². The third kappa shape index (κ3) is 5.78. The lowest BCUT2D eigenvalue weighted by atomic mass is 9.90. The van der Waals surface area contributed by atoms with Crippen LogP contribution in [0.2, 0.25) is 5.02 Å². The van der Waals surface area contributed by atoms with Crippen LogP contribution in [-0.4, -0.2) is 81.0 Å². The second-order valence-electron chi connectivity index (χ2n) is 7.86. The Kier molecular flexibility index (Phi) is 8.87. The lowest BCUT2D eigenvalue weighted by molar-refractivity contribution is -0.231. The number of halogens is 1. The molecular weight excluding hydrogens is 440 g/mol. The molecule has 32 heavy (non-hydrogen) atoms. The molecule has 1 aliphatic heterocycles. The zero-order valence-electron chi connectivity index (χ0n) is 17.4. The maximum atomic E-state index is 10.4. The molecule has 2 aromatic carbocycles. The van der Waals surface area contributed by atoms with Crippen LogP contribution in [-0.2, 0) is 11.2 Å². The van der Waals surface area contributed by atoms with Gasteiger partial charge < -0.3 is 40.1 Å². The summed E-state index contributed by atoms with van der Waals surface area (Å²) in [5, 5.41) is 58.7. The van der Waals surface area contributed by atoms with Crippen molar-refractivity contribution in [3.05, 3.63) is 64.2 Å². The summed E-state index contributed by atoms with van der Waals surface area (Å²) in [6.45, 7) is -0.763. The third-order valence-electron chi connectivity index (χ3n) is 5.57. The van der Waals surface area contributed by atoms with Gasteiger partial charge in [0.25, 0.3) is 0 Å². The van der Waals surface area contributed by atoms with Crippen LogP contribution in [0.5, 0.6) is 5.75 Å². The molecule has 1 fully saturated rings. The van der Waals surface area contributed by atoms with Gasteiger partial charge in [-0.2, -0.15) is 0 Å². The Balaban J connectivity index is 1.75. The highest BCUT2D eigenvalue weighted by Gasteiger charge is 2.44. The largest absolute Gasteiger partial charge is 0.488 e. The second kappa shape index (κ2) is 11.4. The Morgan fingerprint density at radius 3 is 2.28 bits per heavy atom. The standard InChI is InChI=1S/C23H29ClO8/c24-18-6-3-14(23-22(30)21(29)20(28)19(12-27)32-23)10-15(18)9-13-1-4-16(5-2-13)31-17(11-26)7-8-25/h1-6,10,17,19-23,25-30H,7-9,11-12H2/t17-,19-,20-,21+,22-,23+/m1/s1. The fourth-order valence-corrected chi connectivity index (χ4v) is 3.90. The Hall–Kier alpha value is -1.75. The molecule has 0 spiro atoms. The van der Waals surface area contributed by atoms with Crippen molar-refractivity contribution < 1.29 is 40.1 Å². The number of aliphatic hydroxyl groups is 6. The summed E-state index contributed by atoms with van der Waals surface area (Å²) in [6, 6.07) is 12.4. The number of hydrogen-bond donors (Lipinski definition) is 6. The van der Waals surface area contributed by atoms with Gasteiger partial charge in [0.05, 0.1) is 13.2 Å². The van der Waals surface area contributed by atoms with Crippen LogP contribution in [0.1, 0.15) is 29.2 Å². The average Bonchev–Trinajstić information content (AvgIpc) is 2.80. The smallest absolute Gasteiger partial charge is 0.124 e. The summed E-state index contributed by atoms with van der Waals surface area (Å²) < 4.78 is 11.3. The molecule has 0 radical (unpaired) electrons. The van der Waals surface area contributed by atoms with E-state index in [1.54, 1.807) is 30.3 Å². The van der Waals surface area contributed by atoms with Gasteiger partial charge in [-0.05, 0) is 41.3 Å². The van der Waals surface area contributed by atoms with Gasteiger partial charge in [0.2, 0.25) is 0 Å². The van der Waals surface area contributed by atoms with Crippen molar-refractivity contribution in [2.75, 3.05) is 19.8 Å². The summed E-state index contributed by atoms with van der Waals surface area (Å²) in [7, 11) is 0. The molecule has 0 aliphatic carbocycles. The van der Waals surface area contributed by atoms with Crippen LogP contribution in [0, 0.1) is 0 Å². The zero-order valence-corrected chi connectivity index (χ0v) is 18.2. The molecule has 1 aliphatic rings. The van der Waals surface area contributed by atoms with Gasteiger partial charge >= 0.3 is 0 Å². The molecule has 176 valence electrons. The van der Waals surface area contributed by atoms with Crippen molar-refractivity contribution in [3.63, 3.8) is 0 Å². The Bertz CT molecular complexity index is 860. The van der Waals surface area contributed by atoms with Crippen LogP contribution in [0.4, 0.5) is 0 Å². The van der Waals surface area contributed by atoms with Crippen molar-refractivity contribution in [2.45, 2.75) is 49.5 Å². The predicted molar refractivity (Wildman–Crippen MR) is 117 cm³/mol. The number of benzene rings is 2. The minimum absolute atomic E-state index is 0.0768. The minimum atomic E-state index is -1.45. The Morgan fingerprint density at radius 1 is 0.938 bits per heavy atom. The normalized spacial score (nSPS) is 26.7. The molecule has 6 N–H and O–H groups in total. The van der Waals surface area contributed by atoms with Gasteiger partial charge in [0.1, 0.15) is 42.4 Å². The van der Waals surface area contributed by atoms with Crippen LogP contribution in [0.3, 0.4) is 0 Å². The SMILES string of the molecule is OCC[C@H](CO)Oc1ccc(Cc2cc([C@@H]3O[C@H](CO)[C@@H](O)[C@H](O)[C@H]3O)ccc2Cl)cc1. The summed E-state index contributed by atoms with van der Waals surface area (Å²) in [5.74, 6) is 0.572. The van der Waals surface area contributed by atoms with Gasteiger partial charge in [-0.25, -0.2) is 0 Å². The first-order valence-corrected chi connectivity index (χ1v) is 10.8. The van der Waals surface area contributed by atoms with Gasteiger partial charge in [0.15, 0.2) is 0 Å². The molecule has 9 heteroatoms. The first-order chi connectivity index (χ1) is 15.4. The van der Waals surface area contributed by atoms with Gasteiger partial charge in [-0.15, -0.1) is 0 Å². The van der Waals surface area contributed by atoms with E-state index in [4.69, 9.17) is 26.2 Å². The molecule has 0 saturated carbocycles. The van der Waals surface area contributed by atoms with Gasteiger partial charge in [-0.3, -0.25) is 0 Å². The highest BCUT2D eigenvalue weighted by atomic mass is 35.5. The van der Waals surface area contributed by atoms with E-state index in [0.717, 1.165) is 11.1 Å². The molecule has 8 nitrogen and oxygen atoms in total. The predicted octanol–water partition coefficient (Wildman–Crippen LogP) is 0.568. The summed E-state index contributed by atoms with van der Waals surface area (Å²) >= 11 is 6.37.